The van der Waals surface area contributed by atoms with Crippen LogP contribution in [0, 0.1) is 0 Å². The Hall–Kier alpha value is -2.26. The van der Waals surface area contributed by atoms with Crippen LogP contribution in [-0.4, -0.2) is 32.2 Å². The van der Waals surface area contributed by atoms with Crippen molar-refractivity contribution in [2.75, 3.05) is 27.3 Å². The van der Waals surface area contributed by atoms with Crippen LogP contribution < -0.4 is 9.47 Å². The molecule has 1 atom stereocenters. The number of hydrogen-bond acceptors (Lipinski definition) is 3. The van der Waals surface area contributed by atoms with E-state index < -0.39 is 0 Å². The third-order valence-corrected chi connectivity index (χ3v) is 7.80. The quantitative estimate of drug-likeness (QED) is 0.405. The van der Waals surface area contributed by atoms with Crippen molar-refractivity contribution in [1.29, 1.82) is 0 Å². The predicted octanol–water partition coefficient (Wildman–Crippen LogP) is 7.03. The fourth-order valence-corrected chi connectivity index (χ4v) is 6.08. The highest BCUT2D eigenvalue weighted by Crippen LogP contribution is 2.45. The summed E-state index contributed by atoms with van der Waals surface area (Å²) in [7, 11) is 3.47. The van der Waals surface area contributed by atoms with Gasteiger partial charge in [-0.15, -0.1) is 0 Å². The molecule has 0 radical (unpaired) electrons. The van der Waals surface area contributed by atoms with Gasteiger partial charge in [0, 0.05) is 19.1 Å². The molecular formula is C30H41NO2. The molecule has 33 heavy (non-hydrogen) atoms. The van der Waals surface area contributed by atoms with Gasteiger partial charge in [0.05, 0.1) is 14.2 Å². The Morgan fingerprint density at radius 3 is 2.42 bits per heavy atom. The molecule has 0 bridgehead atoms. The molecule has 2 aliphatic heterocycles. The minimum absolute atomic E-state index is 0.0240. The van der Waals surface area contributed by atoms with Gasteiger partial charge in [-0.3, -0.25) is 4.90 Å². The molecule has 3 heteroatoms. The van der Waals surface area contributed by atoms with Crippen LogP contribution in [0.25, 0.3) is 0 Å². The molecule has 2 aromatic rings. The van der Waals surface area contributed by atoms with E-state index in [-0.39, 0.29) is 5.41 Å². The lowest BCUT2D eigenvalue weighted by atomic mass is 9.72. The molecule has 0 unspecified atom stereocenters. The van der Waals surface area contributed by atoms with Crippen LogP contribution in [0.4, 0.5) is 0 Å². The van der Waals surface area contributed by atoms with Gasteiger partial charge in [-0.2, -0.15) is 0 Å². The lowest BCUT2D eigenvalue weighted by Crippen LogP contribution is -2.40. The van der Waals surface area contributed by atoms with Crippen molar-refractivity contribution in [2.45, 2.75) is 77.7 Å². The van der Waals surface area contributed by atoms with Gasteiger partial charge >= 0.3 is 0 Å². The normalized spacial score (nSPS) is 18.7. The van der Waals surface area contributed by atoms with Crippen LogP contribution in [-0.2, 0) is 18.3 Å². The van der Waals surface area contributed by atoms with Crippen molar-refractivity contribution < 1.29 is 9.47 Å². The SMILES string of the molecule is CCCc1cc(OC)c(OC)cc1C(C)(C)CC1=C(CC)CN2CCc3ccccc3[C@@H]2C1. The van der Waals surface area contributed by atoms with Gasteiger partial charge < -0.3 is 9.47 Å². The molecule has 0 saturated heterocycles. The standard InChI is InChI=1S/C30H41NO2/c1-7-11-23-17-28(32-5)29(33-6)18-26(23)30(3,4)19-24-16-27-25-13-10-9-12-22(25)14-15-31(27)20-21(24)8-2/h9-10,12-13,17-18,27H,7-8,11,14-16,19-20H2,1-6H3/t27-/m0/s1. The molecule has 0 N–H and O–H groups in total. The van der Waals surface area contributed by atoms with Crippen LogP contribution in [0.1, 0.15) is 81.7 Å². The van der Waals surface area contributed by atoms with Gasteiger partial charge in [-0.05, 0) is 71.9 Å². The van der Waals surface area contributed by atoms with Crippen LogP contribution in [0.5, 0.6) is 11.5 Å². The molecule has 3 nitrogen and oxygen atoms in total. The van der Waals surface area contributed by atoms with Crippen molar-refractivity contribution in [3.63, 3.8) is 0 Å². The van der Waals surface area contributed by atoms with Gasteiger partial charge in [-0.1, -0.05) is 69.5 Å². The van der Waals surface area contributed by atoms with Crippen molar-refractivity contribution >= 4 is 0 Å². The predicted molar refractivity (Wildman–Crippen MR) is 138 cm³/mol. The largest absolute Gasteiger partial charge is 0.493 e. The van der Waals surface area contributed by atoms with E-state index in [0.717, 1.165) is 50.1 Å². The smallest absolute Gasteiger partial charge is 0.161 e. The van der Waals surface area contributed by atoms with Crippen LogP contribution >= 0.6 is 0 Å². The van der Waals surface area contributed by atoms with Gasteiger partial charge in [0.25, 0.3) is 0 Å². The molecule has 2 aliphatic rings. The highest BCUT2D eigenvalue weighted by molar-refractivity contribution is 5.50. The molecule has 4 rings (SSSR count). The van der Waals surface area contributed by atoms with Crippen molar-refractivity contribution in [3.05, 3.63) is 69.8 Å². The summed E-state index contributed by atoms with van der Waals surface area (Å²) in [6.45, 7) is 11.7. The summed E-state index contributed by atoms with van der Waals surface area (Å²) in [5.41, 5.74) is 9.22. The first-order valence-corrected chi connectivity index (χ1v) is 12.7. The highest BCUT2D eigenvalue weighted by Gasteiger charge is 2.35. The summed E-state index contributed by atoms with van der Waals surface area (Å²) in [5, 5.41) is 0. The Morgan fingerprint density at radius 2 is 1.73 bits per heavy atom. The fourth-order valence-electron chi connectivity index (χ4n) is 6.08. The topological polar surface area (TPSA) is 21.7 Å². The maximum atomic E-state index is 5.70. The maximum Gasteiger partial charge on any atom is 0.161 e. The highest BCUT2D eigenvalue weighted by atomic mass is 16.5. The number of methoxy groups -OCH3 is 2. The van der Waals surface area contributed by atoms with E-state index in [4.69, 9.17) is 9.47 Å². The Labute approximate surface area is 200 Å². The molecule has 0 aliphatic carbocycles. The van der Waals surface area contributed by atoms with Crippen molar-refractivity contribution in [3.8, 4) is 11.5 Å². The van der Waals surface area contributed by atoms with Gasteiger partial charge in [0.1, 0.15) is 0 Å². The number of ether oxygens (including phenoxy) is 2. The molecule has 0 fully saturated rings. The molecule has 0 spiro atoms. The summed E-state index contributed by atoms with van der Waals surface area (Å²) in [6, 6.07) is 14.1. The number of hydrogen-bond donors (Lipinski definition) is 0. The number of nitrogens with zero attached hydrogens (tertiary/aromatic N) is 1. The Morgan fingerprint density at radius 1 is 1.00 bits per heavy atom. The van der Waals surface area contributed by atoms with E-state index in [1.165, 1.54) is 24.1 Å². The first kappa shape index (κ1) is 23.9. The minimum atomic E-state index is 0.0240. The lowest BCUT2D eigenvalue weighted by molar-refractivity contribution is 0.181. The molecule has 0 aromatic heterocycles. The average Bonchev–Trinajstić information content (AvgIpc) is 2.83. The molecule has 0 amide bonds. The molecule has 2 heterocycles. The third kappa shape index (κ3) is 4.71. The van der Waals surface area contributed by atoms with Crippen molar-refractivity contribution in [2.24, 2.45) is 0 Å². The van der Waals surface area contributed by atoms with Crippen LogP contribution in [0.3, 0.4) is 0 Å². The third-order valence-electron chi connectivity index (χ3n) is 7.80. The van der Waals surface area contributed by atoms with Gasteiger partial charge in [0.2, 0.25) is 0 Å². The van der Waals surface area contributed by atoms with Crippen LogP contribution in [0.2, 0.25) is 0 Å². The van der Waals surface area contributed by atoms with Gasteiger partial charge in [-0.25, -0.2) is 0 Å². The number of benzene rings is 2. The van der Waals surface area contributed by atoms with E-state index in [0.29, 0.717) is 6.04 Å². The summed E-state index contributed by atoms with van der Waals surface area (Å²) in [5.74, 6) is 1.67. The number of rotatable bonds is 8. The molecule has 2 aromatic carbocycles. The van der Waals surface area contributed by atoms with E-state index in [2.05, 4.69) is 69.0 Å². The zero-order valence-electron chi connectivity index (χ0n) is 21.5. The summed E-state index contributed by atoms with van der Waals surface area (Å²) >= 11 is 0. The van der Waals surface area contributed by atoms with Gasteiger partial charge in [0.15, 0.2) is 11.5 Å². The molecular weight excluding hydrogens is 406 g/mol. The second-order valence-corrected chi connectivity index (χ2v) is 10.4. The summed E-state index contributed by atoms with van der Waals surface area (Å²) < 4.78 is 11.3. The Balaban J connectivity index is 1.69. The second kappa shape index (κ2) is 9.93. The zero-order valence-corrected chi connectivity index (χ0v) is 21.5. The van der Waals surface area contributed by atoms with Crippen molar-refractivity contribution in [1.82, 2.24) is 4.90 Å². The van der Waals surface area contributed by atoms with E-state index in [1.54, 1.807) is 36.5 Å². The minimum Gasteiger partial charge on any atom is -0.493 e. The monoisotopic (exact) mass is 447 g/mol. The first-order chi connectivity index (χ1) is 15.9. The molecule has 178 valence electrons. The Bertz CT molecular complexity index is 1020. The van der Waals surface area contributed by atoms with E-state index >= 15 is 0 Å². The van der Waals surface area contributed by atoms with E-state index in [1.807, 2.05) is 0 Å². The molecule has 0 saturated carbocycles. The summed E-state index contributed by atoms with van der Waals surface area (Å²) in [4.78, 5) is 2.72. The average molecular weight is 448 g/mol. The number of aryl methyl sites for hydroxylation is 1. The number of fused-ring (bicyclic) bond motifs is 3. The van der Waals surface area contributed by atoms with Crippen LogP contribution in [0.15, 0.2) is 47.5 Å². The lowest BCUT2D eigenvalue weighted by Gasteiger charge is -2.44. The van der Waals surface area contributed by atoms with E-state index in [9.17, 15) is 0 Å². The maximum absolute atomic E-state index is 5.70. The Kier molecular flexibility index (Phi) is 7.19. The first-order valence-electron chi connectivity index (χ1n) is 12.7. The zero-order chi connectivity index (χ0) is 23.6. The summed E-state index contributed by atoms with van der Waals surface area (Å²) in [6.07, 6.45) is 6.74. The fraction of sp³-hybridized carbons (Fsp3) is 0.533. The second-order valence-electron chi connectivity index (χ2n) is 10.4.